The molecule has 0 spiro atoms. The second-order valence-corrected chi connectivity index (χ2v) is 6.32. The molecule has 2 heteroatoms. The second-order valence-electron chi connectivity index (χ2n) is 6.32. The normalized spacial score (nSPS) is 14.0. The number of hydrogen-bond acceptors (Lipinski definition) is 2. The maximum atomic E-state index is 10.6. The summed E-state index contributed by atoms with van der Waals surface area (Å²) >= 11 is 0. The van der Waals surface area contributed by atoms with Crippen molar-refractivity contribution in [1.82, 2.24) is 0 Å². The van der Waals surface area contributed by atoms with Crippen LogP contribution in [0.2, 0.25) is 0 Å². The van der Waals surface area contributed by atoms with E-state index in [-0.39, 0.29) is 6.04 Å². The van der Waals surface area contributed by atoms with Gasteiger partial charge in [-0.3, -0.25) is 0 Å². The van der Waals surface area contributed by atoms with E-state index in [1.54, 1.807) is 0 Å². The van der Waals surface area contributed by atoms with E-state index < -0.39 is 6.10 Å². The van der Waals surface area contributed by atoms with Crippen LogP contribution in [-0.2, 0) is 6.42 Å². The van der Waals surface area contributed by atoms with Gasteiger partial charge < -0.3 is 10.8 Å². The van der Waals surface area contributed by atoms with E-state index >= 15 is 0 Å². The third-order valence-electron chi connectivity index (χ3n) is 5.09. The first-order valence-corrected chi connectivity index (χ1v) is 7.89. The van der Waals surface area contributed by atoms with Crippen LogP contribution in [0.15, 0.2) is 30.3 Å². The van der Waals surface area contributed by atoms with Crippen molar-refractivity contribution in [2.24, 2.45) is 5.73 Å². The van der Waals surface area contributed by atoms with Gasteiger partial charge in [-0.15, -0.1) is 0 Å². The molecule has 0 heterocycles. The molecule has 2 aromatic carbocycles. The average Bonchev–Trinajstić information content (AvgIpc) is 2.52. The Hall–Kier alpha value is -1.64. The predicted octanol–water partition coefficient (Wildman–Crippen LogP) is 3.83. The highest BCUT2D eigenvalue weighted by Gasteiger charge is 2.23. The zero-order chi connectivity index (χ0) is 16.4. The summed E-state index contributed by atoms with van der Waals surface area (Å²) in [5.41, 5.74) is 14.9. The fraction of sp³-hybridized carbons (Fsp3) is 0.400. The largest absolute Gasteiger partial charge is 0.391 e. The number of aliphatic hydroxyl groups is 1. The Bertz CT molecular complexity index is 632. The molecule has 0 amide bonds. The van der Waals surface area contributed by atoms with Crippen LogP contribution in [0.1, 0.15) is 45.0 Å². The van der Waals surface area contributed by atoms with Gasteiger partial charge in [0, 0.05) is 6.42 Å². The Labute approximate surface area is 134 Å². The molecule has 118 valence electrons. The lowest BCUT2D eigenvalue weighted by atomic mass is 9.84. The minimum absolute atomic E-state index is 0.363. The molecule has 2 nitrogen and oxygen atoms in total. The van der Waals surface area contributed by atoms with E-state index in [1.807, 2.05) is 30.3 Å². The Balaban J connectivity index is 2.35. The topological polar surface area (TPSA) is 46.2 Å². The number of hydrogen-bond donors (Lipinski definition) is 2. The molecule has 22 heavy (non-hydrogen) atoms. The van der Waals surface area contributed by atoms with Gasteiger partial charge in [-0.2, -0.15) is 0 Å². The molecule has 0 saturated carbocycles. The molecule has 0 aliphatic carbocycles. The van der Waals surface area contributed by atoms with Gasteiger partial charge >= 0.3 is 0 Å². The summed E-state index contributed by atoms with van der Waals surface area (Å²) < 4.78 is 0. The van der Waals surface area contributed by atoms with Crippen molar-refractivity contribution in [1.29, 1.82) is 0 Å². The Morgan fingerprint density at radius 1 is 0.818 bits per heavy atom. The lowest BCUT2D eigenvalue weighted by Gasteiger charge is -2.26. The molecule has 0 unspecified atom stereocenters. The zero-order valence-corrected chi connectivity index (χ0v) is 14.3. The standard InChI is InChI=1S/C20H27NO/c1-12-13(2)15(4)19(16(5)14(12)3)20(21)18(22)11-17-9-7-6-8-10-17/h6-10,18,20,22H,11,21H2,1-5H3/t18-,20-/m0/s1. The highest BCUT2D eigenvalue weighted by Crippen LogP contribution is 2.31. The summed E-state index contributed by atoms with van der Waals surface area (Å²) in [6, 6.07) is 9.66. The molecule has 3 N–H and O–H groups in total. The molecule has 2 rings (SSSR count). The van der Waals surface area contributed by atoms with Crippen molar-refractivity contribution >= 4 is 0 Å². The molecule has 0 fully saturated rings. The van der Waals surface area contributed by atoms with Crippen LogP contribution in [0.5, 0.6) is 0 Å². The summed E-state index contributed by atoms with van der Waals surface area (Å²) in [6.07, 6.45) is -0.00588. The third kappa shape index (κ3) is 3.08. The molecule has 0 bridgehead atoms. The number of nitrogens with two attached hydrogens (primary N) is 1. The molecule has 0 aromatic heterocycles. The predicted molar refractivity (Wildman–Crippen MR) is 93.2 cm³/mol. The first-order valence-electron chi connectivity index (χ1n) is 7.89. The summed E-state index contributed by atoms with van der Waals surface area (Å²) in [6.45, 7) is 10.6. The van der Waals surface area contributed by atoms with Gasteiger partial charge in [0.05, 0.1) is 12.1 Å². The van der Waals surface area contributed by atoms with Gasteiger partial charge in [0.15, 0.2) is 0 Å². The van der Waals surface area contributed by atoms with Crippen LogP contribution in [0, 0.1) is 34.6 Å². The van der Waals surface area contributed by atoms with Gasteiger partial charge in [-0.05, 0) is 73.6 Å². The summed E-state index contributed by atoms with van der Waals surface area (Å²) in [5, 5.41) is 10.6. The third-order valence-corrected chi connectivity index (χ3v) is 5.09. The molecular weight excluding hydrogens is 270 g/mol. The van der Waals surface area contributed by atoms with Crippen molar-refractivity contribution in [3.63, 3.8) is 0 Å². The molecule has 0 saturated heterocycles. The minimum Gasteiger partial charge on any atom is -0.391 e. The number of rotatable bonds is 4. The van der Waals surface area contributed by atoms with Crippen molar-refractivity contribution in [2.75, 3.05) is 0 Å². The van der Waals surface area contributed by atoms with Crippen molar-refractivity contribution in [3.05, 3.63) is 69.3 Å². The van der Waals surface area contributed by atoms with Crippen molar-refractivity contribution in [2.45, 2.75) is 53.2 Å². The average molecular weight is 297 g/mol. The van der Waals surface area contributed by atoms with Crippen LogP contribution in [0.3, 0.4) is 0 Å². The first-order chi connectivity index (χ1) is 10.3. The fourth-order valence-electron chi connectivity index (χ4n) is 3.20. The van der Waals surface area contributed by atoms with Gasteiger partial charge in [0.1, 0.15) is 0 Å². The number of benzene rings is 2. The Morgan fingerprint density at radius 2 is 1.27 bits per heavy atom. The van der Waals surface area contributed by atoms with Gasteiger partial charge in [-0.1, -0.05) is 30.3 Å². The molecular formula is C20H27NO. The lowest BCUT2D eigenvalue weighted by Crippen LogP contribution is -2.30. The second kappa shape index (κ2) is 6.64. The van der Waals surface area contributed by atoms with Gasteiger partial charge in [-0.25, -0.2) is 0 Å². The van der Waals surface area contributed by atoms with E-state index in [0.717, 1.165) is 11.1 Å². The zero-order valence-electron chi connectivity index (χ0n) is 14.3. The first kappa shape index (κ1) is 16.7. The molecule has 0 radical (unpaired) electrons. The van der Waals surface area contributed by atoms with E-state index in [1.165, 1.54) is 27.8 Å². The Kier molecular flexibility index (Phi) is 5.05. The van der Waals surface area contributed by atoms with Gasteiger partial charge in [0.25, 0.3) is 0 Å². The number of aliphatic hydroxyl groups excluding tert-OH is 1. The van der Waals surface area contributed by atoms with E-state index in [9.17, 15) is 5.11 Å². The highest BCUT2D eigenvalue weighted by atomic mass is 16.3. The maximum absolute atomic E-state index is 10.6. The Morgan fingerprint density at radius 3 is 1.77 bits per heavy atom. The van der Waals surface area contributed by atoms with E-state index in [2.05, 4.69) is 34.6 Å². The maximum Gasteiger partial charge on any atom is 0.0773 e. The van der Waals surface area contributed by atoms with Gasteiger partial charge in [0.2, 0.25) is 0 Å². The molecule has 0 aliphatic rings. The lowest BCUT2D eigenvalue weighted by molar-refractivity contribution is 0.144. The van der Waals surface area contributed by atoms with Crippen LogP contribution >= 0.6 is 0 Å². The molecule has 2 atom stereocenters. The molecule has 2 aromatic rings. The van der Waals surface area contributed by atoms with Crippen LogP contribution in [0.4, 0.5) is 0 Å². The fourth-order valence-corrected chi connectivity index (χ4v) is 3.20. The summed E-state index contributed by atoms with van der Waals surface area (Å²) in [4.78, 5) is 0. The smallest absolute Gasteiger partial charge is 0.0773 e. The monoisotopic (exact) mass is 297 g/mol. The van der Waals surface area contributed by atoms with E-state index in [4.69, 9.17) is 5.73 Å². The molecule has 0 aliphatic heterocycles. The van der Waals surface area contributed by atoms with Crippen LogP contribution < -0.4 is 5.73 Å². The van der Waals surface area contributed by atoms with Crippen LogP contribution in [-0.4, -0.2) is 11.2 Å². The van der Waals surface area contributed by atoms with Crippen molar-refractivity contribution in [3.8, 4) is 0 Å². The highest BCUT2D eigenvalue weighted by molar-refractivity contribution is 5.51. The SMILES string of the molecule is Cc1c(C)c(C)c([C@@H](N)[C@@H](O)Cc2ccccc2)c(C)c1C. The van der Waals surface area contributed by atoms with E-state index in [0.29, 0.717) is 6.42 Å². The summed E-state index contributed by atoms with van der Waals surface area (Å²) in [7, 11) is 0. The quantitative estimate of drug-likeness (QED) is 0.901. The minimum atomic E-state index is -0.582. The van der Waals surface area contributed by atoms with Crippen LogP contribution in [0.25, 0.3) is 0 Å². The van der Waals surface area contributed by atoms with Crippen molar-refractivity contribution < 1.29 is 5.11 Å². The summed E-state index contributed by atoms with van der Waals surface area (Å²) in [5.74, 6) is 0.